The maximum atomic E-state index is 9.13. The summed E-state index contributed by atoms with van der Waals surface area (Å²) < 4.78 is 0. The van der Waals surface area contributed by atoms with E-state index < -0.39 is 0 Å². The molecule has 0 aliphatic carbocycles. The second-order valence-electron chi connectivity index (χ2n) is 6.07. The van der Waals surface area contributed by atoms with E-state index in [1.54, 1.807) is 0 Å². The van der Waals surface area contributed by atoms with Crippen molar-refractivity contribution >= 4 is 5.84 Å². The van der Waals surface area contributed by atoms with Crippen molar-refractivity contribution < 1.29 is 0 Å². The third-order valence-electron chi connectivity index (χ3n) is 4.23. The van der Waals surface area contributed by atoms with Gasteiger partial charge in [-0.15, -0.1) is 0 Å². The molecule has 6 nitrogen and oxygen atoms in total. The number of rotatable bonds is 11. The summed E-state index contributed by atoms with van der Waals surface area (Å²) in [6, 6.07) is 4.59. The Hall–Kier alpha value is -1.79. The first-order chi connectivity index (χ1) is 11.5. The minimum Gasteiger partial charge on any atom is -0.359 e. The summed E-state index contributed by atoms with van der Waals surface area (Å²) in [7, 11) is 0. The Morgan fingerprint density at radius 2 is 1.50 bits per heavy atom. The van der Waals surface area contributed by atoms with Gasteiger partial charge in [0.2, 0.25) is 0 Å². The molecule has 0 aromatic carbocycles. The molecule has 0 radical (unpaired) electrons. The van der Waals surface area contributed by atoms with E-state index in [0.29, 0.717) is 6.42 Å². The van der Waals surface area contributed by atoms with Gasteiger partial charge >= 0.3 is 0 Å². The molecule has 0 aromatic heterocycles. The van der Waals surface area contributed by atoms with Gasteiger partial charge in [-0.25, -0.2) is 0 Å². The van der Waals surface area contributed by atoms with Crippen molar-refractivity contribution in [3.8, 4) is 12.1 Å². The molecular weight excluding hydrogens is 300 g/mol. The third kappa shape index (κ3) is 7.66. The zero-order valence-electron chi connectivity index (χ0n) is 16.2. The molecule has 0 heterocycles. The van der Waals surface area contributed by atoms with Crippen LogP contribution >= 0.6 is 0 Å². The van der Waals surface area contributed by atoms with Crippen molar-refractivity contribution in [3.05, 3.63) is 0 Å². The first-order valence-electron chi connectivity index (χ1n) is 9.07. The molecule has 136 valence electrons. The normalized spacial score (nSPS) is 15.3. The molecule has 3 atom stereocenters. The van der Waals surface area contributed by atoms with Crippen molar-refractivity contribution in [1.29, 1.82) is 10.5 Å². The van der Waals surface area contributed by atoms with Crippen molar-refractivity contribution in [3.63, 3.8) is 0 Å². The topological polar surface area (TPSA) is 78.5 Å². The molecule has 0 bridgehead atoms. The van der Waals surface area contributed by atoms with Crippen LogP contribution < -0.4 is 5.43 Å². The van der Waals surface area contributed by atoms with E-state index in [2.05, 4.69) is 60.2 Å². The van der Waals surface area contributed by atoms with Gasteiger partial charge in [0, 0.05) is 25.4 Å². The van der Waals surface area contributed by atoms with E-state index in [-0.39, 0.29) is 18.0 Å². The van der Waals surface area contributed by atoms with E-state index in [4.69, 9.17) is 10.5 Å². The molecule has 0 fully saturated rings. The molecule has 0 aliphatic heterocycles. The molecule has 0 spiro atoms. The predicted molar refractivity (Wildman–Crippen MR) is 99.0 cm³/mol. The maximum absolute atomic E-state index is 9.13. The SMILES string of the molecule is CCN(CC)C(CC(C)C#N)=NNC(CC(C)C#N)N(CC)CC. The van der Waals surface area contributed by atoms with Crippen LogP contribution in [0.3, 0.4) is 0 Å². The molecule has 0 aromatic rings. The fraction of sp³-hybridized carbons (Fsp3) is 0.833. The minimum atomic E-state index is -0.0731. The van der Waals surface area contributed by atoms with Crippen LogP contribution in [0.5, 0.6) is 0 Å². The van der Waals surface area contributed by atoms with Crippen molar-refractivity contribution in [1.82, 2.24) is 15.2 Å². The zero-order valence-corrected chi connectivity index (χ0v) is 16.2. The number of hydrogen-bond acceptors (Lipinski definition) is 5. The molecule has 0 saturated carbocycles. The van der Waals surface area contributed by atoms with Crippen molar-refractivity contribution in [2.45, 2.75) is 60.5 Å². The number of hydrazone groups is 1. The molecule has 3 unspecified atom stereocenters. The molecular formula is C18H34N6. The smallest absolute Gasteiger partial charge is 0.126 e. The van der Waals surface area contributed by atoms with Gasteiger partial charge in [-0.05, 0) is 47.2 Å². The fourth-order valence-electron chi connectivity index (χ4n) is 2.64. The Labute approximate surface area is 148 Å². The molecule has 0 aliphatic rings. The largest absolute Gasteiger partial charge is 0.359 e. The van der Waals surface area contributed by atoms with Crippen LogP contribution in [-0.2, 0) is 0 Å². The lowest BCUT2D eigenvalue weighted by Gasteiger charge is -2.31. The van der Waals surface area contributed by atoms with Crippen LogP contribution in [0.2, 0.25) is 0 Å². The highest BCUT2D eigenvalue weighted by Crippen LogP contribution is 2.11. The van der Waals surface area contributed by atoms with Gasteiger partial charge in [0.15, 0.2) is 0 Å². The van der Waals surface area contributed by atoms with Crippen LogP contribution in [0.1, 0.15) is 54.4 Å². The average molecular weight is 335 g/mol. The standard InChI is InChI=1S/C18H34N6/c1-7-23(8-2)17(11-15(5)13-19)21-22-18(12-16(6)14-20)24(9-3)10-4/h15-17,21H,7-12H2,1-6H3. The lowest BCUT2D eigenvalue weighted by molar-refractivity contribution is 0.163. The quantitative estimate of drug-likeness (QED) is 0.272. The Kier molecular flexibility index (Phi) is 11.7. The monoisotopic (exact) mass is 334 g/mol. The first-order valence-corrected chi connectivity index (χ1v) is 9.07. The van der Waals surface area contributed by atoms with E-state index in [9.17, 15) is 0 Å². The average Bonchev–Trinajstić information content (AvgIpc) is 2.60. The van der Waals surface area contributed by atoms with Crippen LogP contribution in [0, 0.1) is 34.5 Å². The van der Waals surface area contributed by atoms with Gasteiger partial charge < -0.3 is 4.90 Å². The third-order valence-corrected chi connectivity index (χ3v) is 4.23. The van der Waals surface area contributed by atoms with Gasteiger partial charge in [0.05, 0.1) is 24.2 Å². The summed E-state index contributed by atoms with van der Waals surface area (Å²) in [6.45, 7) is 15.8. The lowest BCUT2D eigenvalue weighted by Crippen LogP contribution is -2.45. The summed E-state index contributed by atoms with van der Waals surface area (Å²) in [5.74, 6) is 0.806. The van der Waals surface area contributed by atoms with Crippen molar-refractivity contribution in [2.75, 3.05) is 26.2 Å². The van der Waals surface area contributed by atoms with Crippen LogP contribution in [0.4, 0.5) is 0 Å². The summed E-state index contributed by atoms with van der Waals surface area (Å²) in [6.07, 6.45) is 1.38. The molecule has 6 heteroatoms. The molecule has 0 amide bonds. The minimum absolute atomic E-state index is 0.0256. The van der Waals surface area contributed by atoms with Gasteiger partial charge in [-0.2, -0.15) is 15.6 Å². The summed E-state index contributed by atoms with van der Waals surface area (Å²) >= 11 is 0. The van der Waals surface area contributed by atoms with Crippen LogP contribution in [-0.4, -0.2) is 48.0 Å². The van der Waals surface area contributed by atoms with E-state index >= 15 is 0 Å². The van der Waals surface area contributed by atoms with E-state index in [0.717, 1.165) is 38.4 Å². The number of nitrogens with zero attached hydrogens (tertiary/aromatic N) is 5. The highest BCUT2D eigenvalue weighted by atomic mass is 15.4. The van der Waals surface area contributed by atoms with Gasteiger partial charge in [-0.1, -0.05) is 13.8 Å². The summed E-state index contributed by atoms with van der Waals surface area (Å²) in [5.41, 5.74) is 3.28. The maximum Gasteiger partial charge on any atom is 0.126 e. The highest BCUT2D eigenvalue weighted by Gasteiger charge is 2.19. The first kappa shape index (κ1) is 22.2. The fourth-order valence-corrected chi connectivity index (χ4v) is 2.64. The molecule has 1 N–H and O–H groups in total. The summed E-state index contributed by atoms with van der Waals surface area (Å²) in [5, 5.41) is 22.9. The number of nitrogens with one attached hydrogen (secondary N) is 1. The molecule has 24 heavy (non-hydrogen) atoms. The van der Waals surface area contributed by atoms with Crippen LogP contribution in [0.25, 0.3) is 0 Å². The number of amidine groups is 1. The molecule has 0 saturated heterocycles. The van der Waals surface area contributed by atoms with Crippen molar-refractivity contribution in [2.24, 2.45) is 16.9 Å². The predicted octanol–water partition coefficient (Wildman–Crippen LogP) is 3.00. The van der Waals surface area contributed by atoms with Crippen LogP contribution in [0.15, 0.2) is 5.10 Å². The van der Waals surface area contributed by atoms with Gasteiger partial charge in [0.1, 0.15) is 5.84 Å². The molecule has 0 rings (SSSR count). The second-order valence-corrected chi connectivity index (χ2v) is 6.07. The number of nitriles is 2. The number of hydrogen-bond donors (Lipinski definition) is 1. The Balaban J connectivity index is 5.30. The second kappa shape index (κ2) is 12.6. The zero-order chi connectivity index (χ0) is 18.5. The van der Waals surface area contributed by atoms with Gasteiger partial charge in [0.25, 0.3) is 0 Å². The Bertz CT molecular complexity index is 439. The van der Waals surface area contributed by atoms with E-state index in [1.165, 1.54) is 0 Å². The lowest BCUT2D eigenvalue weighted by atomic mass is 10.1. The Morgan fingerprint density at radius 1 is 0.958 bits per heavy atom. The summed E-state index contributed by atoms with van der Waals surface area (Å²) in [4.78, 5) is 4.44. The van der Waals surface area contributed by atoms with E-state index in [1.807, 2.05) is 13.8 Å². The van der Waals surface area contributed by atoms with Gasteiger partial charge in [-0.3, -0.25) is 10.3 Å². The highest BCUT2D eigenvalue weighted by molar-refractivity contribution is 5.82. The Morgan fingerprint density at radius 3 is 1.92 bits per heavy atom.